The van der Waals surface area contributed by atoms with Gasteiger partial charge in [0.2, 0.25) is 0 Å². The Balaban J connectivity index is 3.23. The molecule has 0 bridgehead atoms. The third kappa shape index (κ3) is 1.77. The molecule has 0 aliphatic rings. The van der Waals surface area contributed by atoms with Crippen LogP contribution >= 0.6 is 7.14 Å². The monoisotopic (exact) mass is 185 g/mol. The minimum Gasteiger partial charge on any atom is -0.396 e. The standard InChI is InChI=1S/C7H12N3OP/c1-12(2,11)5-3-6(8)7(9)10-4-5/h3-4H,8H2,1-2H3,(H2,9,10). The topological polar surface area (TPSA) is 82.0 Å². The van der Waals surface area contributed by atoms with Crippen LogP contribution < -0.4 is 16.8 Å². The molecule has 0 saturated heterocycles. The Labute approximate surface area is 71.4 Å². The van der Waals surface area contributed by atoms with E-state index in [1.54, 1.807) is 19.4 Å². The molecule has 0 atom stereocenters. The molecule has 0 amide bonds. The van der Waals surface area contributed by atoms with Crippen LogP contribution in [0.4, 0.5) is 11.5 Å². The molecule has 1 aromatic rings. The summed E-state index contributed by atoms with van der Waals surface area (Å²) < 4.78 is 11.5. The summed E-state index contributed by atoms with van der Waals surface area (Å²) in [6, 6.07) is 1.61. The maximum Gasteiger partial charge on any atom is 0.146 e. The Hall–Kier alpha value is -1.02. The predicted octanol–water partition coefficient (Wildman–Crippen LogP) is 0.494. The van der Waals surface area contributed by atoms with E-state index in [4.69, 9.17) is 11.5 Å². The SMILES string of the molecule is CP(C)(=O)c1cnc(N)c(N)c1. The highest BCUT2D eigenvalue weighted by atomic mass is 31.2. The number of hydrogen-bond acceptors (Lipinski definition) is 4. The van der Waals surface area contributed by atoms with Crippen molar-refractivity contribution in [1.29, 1.82) is 0 Å². The third-order valence-corrected chi connectivity index (χ3v) is 3.05. The molecule has 0 unspecified atom stereocenters. The molecule has 4 N–H and O–H groups in total. The molecule has 0 fully saturated rings. The number of nitrogen functional groups attached to an aromatic ring is 2. The minimum atomic E-state index is -2.26. The Kier molecular flexibility index (Phi) is 2.11. The summed E-state index contributed by atoms with van der Waals surface area (Å²) in [4.78, 5) is 3.83. The van der Waals surface area contributed by atoms with E-state index in [1.807, 2.05) is 0 Å². The molecule has 0 radical (unpaired) electrons. The average molecular weight is 185 g/mol. The smallest absolute Gasteiger partial charge is 0.146 e. The number of pyridine rings is 1. The second-order valence-corrected chi connectivity index (χ2v) is 6.24. The lowest BCUT2D eigenvalue weighted by atomic mass is 10.4. The van der Waals surface area contributed by atoms with Gasteiger partial charge >= 0.3 is 0 Å². The molecule has 1 aromatic heterocycles. The van der Waals surface area contributed by atoms with E-state index in [0.717, 1.165) is 0 Å². The zero-order valence-corrected chi connectivity index (χ0v) is 8.01. The molecule has 5 heteroatoms. The number of nitrogens with zero attached hydrogens (tertiary/aromatic N) is 1. The van der Waals surface area contributed by atoms with E-state index in [1.165, 1.54) is 6.20 Å². The van der Waals surface area contributed by atoms with Crippen molar-refractivity contribution < 1.29 is 4.57 Å². The Morgan fingerprint density at radius 2 is 2.00 bits per heavy atom. The second kappa shape index (κ2) is 2.79. The van der Waals surface area contributed by atoms with E-state index < -0.39 is 7.14 Å². The normalized spacial score (nSPS) is 11.5. The van der Waals surface area contributed by atoms with Crippen molar-refractivity contribution in [2.75, 3.05) is 24.8 Å². The molecule has 0 aliphatic heterocycles. The van der Waals surface area contributed by atoms with Crippen molar-refractivity contribution >= 4 is 24.0 Å². The first-order chi connectivity index (χ1) is 5.41. The largest absolute Gasteiger partial charge is 0.396 e. The quantitative estimate of drug-likeness (QED) is 0.624. The predicted molar refractivity (Wildman–Crippen MR) is 52.2 cm³/mol. The lowest BCUT2D eigenvalue weighted by Crippen LogP contribution is -2.08. The molecular formula is C7H12N3OP. The van der Waals surface area contributed by atoms with Crippen molar-refractivity contribution in [2.24, 2.45) is 0 Å². The van der Waals surface area contributed by atoms with E-state index in [-0.39, 0.29) is 5.82 Å². The fourth-order valence-electron chi connectivity index (χ4n) is 0.775. The van der Waals surface area contributed by atoms with Gasteiger partial charge in [0.15, 0.2) is 0 Å². The van der Waals surface area contributed by atoms with Gasteiger partial charge in [-0.25, -0.2) is 4.98 Å². The van der Waals surface area contributed by atoms with E-state index in [0.29, 0.717) is 11.0 Å². The molecular weight excluding hydrogens is 173 g/mol. The van der Waals surface area contributed by atoms with E-state index in [2.05, 4.69) is 4.98 Å². The molecule has 1 heterocycles. The van der Waals surface area contributed by atoms with Crippen molar-refractivity contribution in [2.45, 2.75) is 0 Å². The van der Waals surface area contributed by atoms with Gasteiger partial charge < -0.3 is 16.0 Å². The molecule has 0 spiro atoms. The van der Waals surface area contributed by atoms with Gasteiger partial charge in [-0.1, -0.05) is 0 Å². The molecule has 0 aliphatic carbocycles. The summed E-state index contributed by atoms with van der Waals surface area (Å²) >= 11 is 0. The molecule has 0 aromatic carbocycles. The van der Waals surface area contributed by atoms with Gasteiger partial charge in [0.1, 0.15) is 13.0 Å². The van der Waals surface area contributed by atoms with Gasteiger partial charge in [-0.05, 0) is 19.4 Å². The van der Waals surface area contributed by atoms with Crippen LogP contribution in [-0.2, 0) is 4.57 Å². The van der Waals surface area contributed by atoms with E-state index >= 15 is 0 Å². The van der Waals surface area contributed by atoms with Gasteiger partial charge in [-0.3, -0.25) is 0 Å². The van der Waals surface area contributed by atoms with Crippen LogP contribution in [-0.4, -0.2) is 18.3 Å². The maximum atomic E-state index is 11.5. The zero-order chi connectivity index (χ0) is 9.35. The summed E-state index contributed by atoms with van der Waals surface area (Å²) in [7, 11) is -2.26. The van der Waals surface area contributed by atoms with Crippen LogP contribution in [0.5, 0.6) is 0 Å². The summed E-state index contributed by atoms with van der Waals surface area (Å²) in [5.74, 6) is 0.284. The van der Waals surface area contributed by atoms with Crippen molar-refractivity contribution in [3.05, 3.63) is 12.3 Å². The first-order valence-electron chi connectivity index (χ1n) is 3.48. The first-order valence-corrected chi connectivity index (χ1v) is 6.08. The van der Waals surface area contributed by atoms with Crippen LogP contribution in [0.3, 0.4) is 0 Å². The number of anilines is 2. The van der Waals surface area contributed by atoms with Gasteiger partial charge in [0, 0.05) is 11.5 Å². The Bertz CT molecular complexity index is 345. The lowest BCUT2D eigenvalue weighted by molar-refractivity contribution is 0.588. The highest BCUT2D eigenvalue weighted by Gasteiger charge is 2.12. The van der Waals surface area contributed by atoms with Crippen LogP contribution in [0, 0.1) is 0 Å². The highest BCUT2D eigenvalue weighted by molar-refractivity contribution is 7.70. The Morgan fingerprint density at radius 3 is 2.42 bits per heavy atom. The van der Waals surface area contributed by atoms with E-state index in [9.17, 15) is 4.57 Å². The summed E-state index contributed by atoms with van der Waals surface area (Å²) in [5, 5.41) is 0.661. The summed E-state index contributed by atoms with van der Waals surface area (Å²) in [6.07, 6.45) is 1.51. The molecule has 12 heavy (non-hydrogen) atoms. The number of nitrogens with two attached hydrogens (primary N) is 2. The molecule has 4 nitrogen and oxygen atoms in total. The molecule has 66 valence electrons. The van der Waals surface area contributed by atoms with Crippen LogP contribution in [0.25, 0.3) is 0 Å². The van der Waals surface area contributed by atoms with Crippen LogP contribution in [0.1, 0.15) is 0 Å². The second-order valence-electron chi connectivity index (χ2n) is 3.02. The van der Waals surface area contributed by atoms with Crippen molar-refractivity contribution in [3.8, 4) is 0 Å². The molecule has 0 saturated carbocycles. The fraction of sp³-hybridized carbons (Fsp3) is 0.286. The van der Waals surface area contributed by atoms with Crippen molar-refractivity contribution in [3.63, 3.8) is 0 Å². The third-order valence-electron chi connectivity index (χ3n) is 1.56. The van der Waals surface area contributed by atoms with Crippen LogP contribution in [0.2, 0.25) is 0 Å². The Morgan fingerprint density at radius 1 is 1.42 bits per heavy atom. The van der Waals surface area contributed by atoms with Gasteiger partial charge in [-0.2, -0.15) is 0 Å². The average Bonchev–Trinajstić information content (AvgIpc) is 1.92. The van der Waals surface area contributed by atoms with Gasteiger partial charge in [-0.15, -0.1) is 0 Å². The van der Waals surface area contributed by atoms with Crippen LogP contribution in [0.15, 0.2) is 12.3 Å². The van der Waals surface area contributed by atoms with Crippen molar-refractivity contribution in [1.82, 2.24) is 4.98 Å². The zero-order valence-electron chi connectivity index (χ0n) is 7.11. The summed E-state index contributed by atoms with van der Waals surface area (Å²) in [5.41, 5.74) is 11.3. The number of hydrogen-bond donors (Lipinski definition) is 2. The summed E-state index contributed by atoms with van der Waals surface area (Å²) in [6.45, 7) is 3.33. The van der Waals surface area contributed by atoms with Gasteiger partial charge in [0.05, 0.1) is 5.69 Å². The first kappa shape index (κ1) is 9.07. The maximum absolute atomic E-state index is 11.5. The number of rotatable bonds is 1. The lowest BCUT2D eigenvalue weighted by Gasteiger charge is -2.07. The van der Waals surface area contributed by atoms with Gasteiger partial charge in [0.25, 0.3) is 0 Å². The highest BCUT2D eigenvalue weighted by Crippen LogP contribution is 2.34. The fourth-order valence-corrected chi connectivity index (χ4v) is 1.56. The molecule has 1 rings (SSSR count). The minimum absolute atomic E-state index is 0.284. The number of aromatic nitrogens is 1.